The lowest BCUT2D eigenvalue weighted by Gasteiger charge is -2.40. The average Bonchev–Trinajstić information content (AvgIpc) is 2.29. The van der Waals surface area contributed by atoms with E-state index in [1.807, 2.05) is 26.8 Å². The molecule has 0 saturated carbocycles. The van der Waals surface area contributed by atoms with E-state index >= 15 is 0 Å². The molecule has 0 aliphatic carbocycles. The summed E-state index contributed by atoms with van der Waals surface area (Å²) >= 11 is 0. The van der Waals surface area contributed by atoms with E-state index in [0.29, 0.717) is 25.2 Å². The van der Waals surface area contributed by atoms with Gasteiger partial charge in [0.2, 0.25) is 0 Å². The van der Waals surface area contributed by atoms with E-state index < -0.39 is 5.60 Å². The maximum absolute atomic E-state index is 13.4. The molecule has 0 unspecified atom stereocenters. The van der Waals surface area contributed by atoms with Gasteiger partial charge in [-0.3, -0.25) is 0 Å². The van der Waals surface area contributed by atoms with Gasteiger partial charge >= 0.3 is 6.09 Å². The summed E-state index contributed by atoms with van der Waals surface area (Å²) in [6.45, 7) is 9.17. The number of nitrogens with one attached hydrogen (secondary N) is 1. The number of ether oxygens (including phenoxy) is 1. The van der Waals surface area contributed by atoms with Crippen LogP contribution in [0.25, 0.3) is 0 Å². The van der Waals surface area contributed by atoms with E-state index in [-0.39, 0.29) is 18.0 Å². The van der Waals surface area contributed by atoms with Crippen LogP contribution in [-0.2, 0) is 11.3 Å². The number of hydrogen-bond donors (Lipinski definition) is 1. The third kappa shape index (κ3) is 4.43. The molecule has 5 heteroatoms. The maximum Gasteiger partial charge on any atom is 0.410 e. The lowest BCUT2D eigenvalue weighted by Crippen LogP contribution is -2.60. The number of likely N-dealkylation sites (tertiary alicyclic amines) is 1. The molecule has 1 N–H and O–H groups in total. The fraction of sp³-hybridized carbons (Fsp3) is 0.562. The second-order valence-corrected chi connectivity index (χ2v) is 6.55. The van der Waals surface area contributed by atoms with Crippen molar-refractivity contribution < 1.29 is 13.9 Å². The van der Waals surface area contributed by atoms with Crippen molar-refractivity contribution in [3.63, 3.8) is 0 Å². The molecule has 0 aromatic heterocycles. The Bertz CT molecular complexity index is 519. The van der Waals surface area contributed by atoms with Gasteiger partial charge in [0, 0.05) is 25.7 Å². The molecule has 21 heavy (non-hydrogen) atoms. The van der Waals surface area contributed by atoms with Crippen LogP contribution in [0.15, 0.2) is 18.2 Å². The van der Waals surface area contributed by atoms with E-state index in [1.54, 1.807) is 24.0 Å². The predicted molar refractivity (Wildman–Crippen MR) is 79.6 cm³/mol. The first-order chi connectivity index (χ1) is 9.74. The molecule has 0 atom stereocenters. The number of amides is 1. The standard InChI is InChI=1S/C16H23FN2O2/c1-11-5-6-12(7-14(11)17)8-18-13-9-19(10-13)15(20)21-16(2,3)4/h5-7,13,18H,8-10H2,1-4H3. The smallest absolute Gasteiger partial charge is 0.410 e. The summed E-state index contributed by atoms with van der Waals surface area (Å²) in [6, 6.07) is 5.48. The van der Waals surface area contributed by atoms with Gasteiger partial charge in [-0.25, -0.2) is 9.18 Å². The van der Waals surface area contributed by atoms with Crippen molar-refractivity contribution in [1.82, 2.24) is 10.2 Å². The van der Waals surface area contributed by atoms with E-state index in [2.05, 4.69) is 5.32 Å². The zero-order chi connectivity index (χ0) is 15.6. The van der Waals surface area contributed by atoms with Crippen molar-refractivity contribution in [1.29, 1.82) is 0 Å². The molecule has 1 fully saturated rings. The fourth-order valence-electron chi connectivity index (χ4n) is 2.09. The summed E-state index contributed by atoms with van der Waals surface area (Å²) in [5.74, 6) is -0.182. The Morgan fingerprint density at radius 1 is 1.43 bits per heavy atom. The van der Waals surface area contributed by atoms with Crippen molar-refractivity contribution in [3.8, 4) is 0 Å². The highest BCUT2D eigenvalue weighted by atomic mass is 19.1. The molecule has 0 bridgehead atoms. The van der Waals surface area contributed by atoms with Gasteiger partial charge in [-0.1, -0.05) is 12.1 Å². The normalized spacial score (nSPS) is 15.8. The Morgan fingerprint density at radius 3 is 2.67 bits per heavy atom. The lowest BCUT2D eigenvalue weighted by molar-refractivity contribution is 0.00519. The van der Waals surface area contributed by atoms with Gasteiger partial charge in [0.25, 0.3) is 0 Å². The minimum atomic E-state index is -0.463. The second-order valence-electron chi connectivity index (χ2n) is 6.55. The third-order valence-corrected chi connectivity index (χ3v) is 3.36. The third-order valence-electron chi connectivity index (χ3n) is 3.36. The predicted octanol–water partition coefficient (Wildman–Crippen LogP) is 2.84. The molecule has 1 saturated heterocycles. The number of nitrogens with zero attached hydrogens (tertiary/aromatic N) is 1. The molecule has 116 valence electrons. The molecule has 0 radical (unpaired) electrons. The van der Waals surface area contributed by atoms with Gasteiger partial charge in [0.05, 0.1) is 0 Å². The van der Waals surface area contributed by atoms with Crippen LogP contribution in [0, 0.1) is 12.7 Å². The number of carbonyl (C=O) groups excluding carboxylic acids is 1. The fourth-order valence-corrected chi connectivity index (χ4v) is 2.09. The molecule has 1 heterocycles. The van der Waals surface area contributed by atoms with E-state index in [9.17, 15) is 9.18 Å². The zero-order valence-corrected chi connectivity index (χ0v) is 13.1. The number of hydrogen-bond acceptors (Lipinski definition) is 3. The van der Waals surface area contributed by atoms with E-state index in [0.717, 1.165) is 5.56 Å². The van der Waals surface area contributed by atoms with Gasteiger partial charge in [-0.15, -0.1) is 0 Å². The minimum Gasteiger partial charge on any atom is -0.444 e. The Balaban J connectivity index is 1.73. The van der Waals surface area contributed by atoms with E-state index in [1.165, 1.54) is 0 Å². The summed E-state index contributed by atoms with van der Waals surface area (Å²) in [7, 11) is 0. The maximum atomic E-state index is 13.4. The molecule has 4 nitrogen and oxygen atoms in total. The van der Waals surface area contributed by atoms with Crippen molar-refractivity contribution in [3.05, 3.63) is 35.1 Å². The molecule has 1 aliphatic heterocycles. The molecular formula is C16H23FN2O2. The Morgan fingerprint density at radius 2 is 2.10 bits per heavy atom. The molecule has 1 amide bonds. The van der Waals surface area contributed by atoms with Gasteiger partial charge in [-0.05, 0) is 44.9 Å². The van der Waals surface area contributed by atoms with Gasteiger partial charge in [0.15, 0.2) is 0 Å². The molecule has 1 aromatic rings. The van der Waals surface area contributed by atoms with Gasteiger partial charge in [0.1, 0.15) is 11.4 Å². The van der Waals surface area contributed by atoms with Crippen LogP contribution in [0.1, 0.15) is 31.9 Å². The summed E-state index contributed by atoms with van der Waals surface area (Å²) in [6.07, 6.45) is -0.276. The monoisotopic (exact) mass is 294 g/mol. The van der Waals surface area contributed by atoms with Crippen LogP contribution in [0.2, 0.25) is 0 Å². The van der Waals surface area contributed by atoms with Crippen molar-refractivity contribution in [2.75, 3.05) is 13.1 Å². The second kappa shape index (κ2) is 6.02. The van der Waals surface area contributed by atoms with Crippen LogP contribution < -0.4 is 5.32 Å². The number of carbonyl (C=O) groups is 1. The van der Waals surface area contributed by atoms with E-state index in [4.69, 9.17) is 4.74 Å². The van der Waals surface area contributed by atoms with Crippen molar-refractivity contribution >= 4 is 6.09 Å². The summed E-state index contributed by atoms with van der Waals surface area (Å²) in [4.78, 5) is 13.4. The number of benzene rings is 1. The first-order valence-electron chi connectivity index (χ1n) is 7.21. The van der Waals surface area contributed by atoms with Crippen LogP contribution >= 0.6 is 0 Å². The quantitative estimate of drug-likeness (QED) is 0.932. The van der Waals surface area contributed by atoms with Crippen molar-refractivity contribution in [2.45, 2.75) is 45.9 Å². The Labute approximate surface area is 125 Å². The topological polar surface area (TPSA) is 41.6 Å². The SMILES string of the molecule is Cc1ccc(CNC2CN(C(=O)OC(C)(C)C)C2)cc1F. The first kappa shape index (κ1) is 15.8. The largest absolute Gasteiger partial charge is 0.444 e. The van der Waals surface area contributed by atoms with Gasteiger partial charge in [-0.2, -0.15) is 0 Å². The van der Waals surface area contributed by atoms with Gasteiger partial charge < -0.3 is 15.0 Å². The number of aryl methyl sites for hydroxylation is 1. The molecule has 0 spiro atoms. The van der Waals surface area contributed by atoms with Crippen molar-refractivity contribution in [2.24, 2.45) is 0 Å². The number of halogens is 1. The summed E-state index contributed by atoms with van der Waals surface area (Å²) in [5.41, 5.74) is 1.10. The van der Waals surface area contributed by atoms with Crippen LogP contribution in [0.3, 0.4) is 0 Å². The summed E-state index contributed by atoms with van der Waals surface area (Å²) in [5, 5.41) is 3.31. The zero-order valence-electron chi connectivity index (χ0n) is 13.1. The highest BCUT2D eigenvalue weighted by Crippen LogP contribution is 2.16. The Hall–Kier alpha value is -1.62. The Kier molecular flexibility index (Phi) is 4.52. The average molecular weight is 294 g/mol. The first-order valence-corrected chi connectivity index (χ1v) is 7.21. The number of rotatable bonds is 3. The molecule has 2 rings (SSSR count). The summed E-state index contributed by atoms with van der Waals surface area (Å²) < 4.78 is 18.7. The highest BCUT2D eigenvalue weighted by Gasteiger charge is 2.33. The van der Waals surface area contributed by atoms with Crippen LogP contribution in [0.4, 0.5) is 9.18 Å². The molecule has 1 aliphatic rings. The van der Waals surface area contributed by atoms with Crippen LogP contribution in [0.5, 0.6) is 0 Å². The molecular weight excluding hydrogens is 271 g/mol. The van der Waals surface area contributed by atoms with Crippen LogP contribution in [-0.4, -0.2) is 35.7 Å². The minimum absolute atomic E-state index is 0.182. The highest BCUT2D eigenvalue weighted by molar-refractivity contribution is 5.69. The lowest BCUT2D eigenvalue weighted by atomic mass is 10.1. The molecule has 1 aromatic carbocycles.